The Kier molecular flexibility index (Phi) is 6.70. The van der Waals surface area contributed by atoms with Crippen molar-refractivity contribution in [2.24, 2.45) is 0 Å². The number of aliphatic hydroxyl groups is 1. The SMILES string of the molecule is CCC(=O)O.OCC1CCCO1. The van der Waals surface area contributed by atoms with Crippen molar-refractivity contribution in [3.8, 4) is 0 Å². The third-order valence-corrected chi connectivity index (χ3v) is 1.53. The summed E-state index contributed by atoms with van der Waals surface area (Å²) in [4.78, 5) is 9.37. The molecular formula is C8H16O4. The van der Waals surface area contributed by atoms with Gasteiger partial charge >= 0.3 is 5.97 Å². The predicted molar refractivity (Wildman–Crippen MR) is 44.0 cm³/mol. The average molecular weight is 176 g/mol. The van der Waals surface area contributed by atoms with Crippen molar-refractivity contribution in [2.75, 3.05) is 13.2 Å². The van der Waals surface area contributed by atoms with Crippen molar-refractivity contribution in [1.82, 2.24) is 0 Å². The molecule has 12 heavy (non-hydrogen) atoms. The standard InChI is InChI=1S/C5H10O2.C3H6O2/c6-4-5-2-1-3-7-5;1-2-3(4)5/h5-6H,1-4H2;2H2,1H3,(H,4,5). The van der Waals surface area contributed by atoms with E-state index in [0.717, 1.165) is 19.4 Å². The Morgan fingerprint density at radius 1 is 1.67 bits per heavy atom. The van der Waals surface area contributed by atoms with E-state index in [1.165, 1.54) is 0 Å². The second-order valence-corrected chi connectivity index (χ2v) is 2.56. The van der Waals surface area contributed by atoms with Gasteiger partial charge < -0.3 is 14.9 Å². The summed E-state index contributed by atoms with van der Waals surface area (Å²) in [5.41, 5.74) is 0. The van der Waals surface area contributed by atoms with E-state index in [2.05, 4.69) is 0 Å². The lowest BCUT2D eigenvalue weighted by Crippen LogP contribution is -2.09. The normalized spacial score (nSPS) is 21.3. The van der Waals surface area contributed by atoms with E-state index in [1.54, 1.807) is 6.92 Å². The molecule has 1 unspecified atom stereocenters. The summed E-state index contributed by atoms with van der Waals surface area (Å²) in [5, 5.41) is 16.2. The Hall–Kier alpha value is -0.610. The zero-order chi connectivity index (χ0) is 9.40. The molecule has 0 aliphatic carbocycles. The number of rotatable bonds is 2. The van der Waals surface area contributed by atoms with Crippen molar-refractivity contribution < 1.29 is 19.7 Å². The third kappa shape index (κ3) is 6.12. The van der Waals surface area contributed by atoms with Gasteiger partial charge in [0, 0.05) is 13.0 Å². The van der Waals surface area contributed by atoms with Gasteiger partial charge in [0.05, 0.1) is 12.7 Å². The van der Waals surface area contributed by atoms with Gasteiger partial charge in [-0.25, -0.2) is 0 Å². The van der Waals surface area contributed by atoms with E-state index < -0.39 is 5.97 Å². The van der Waals surface area contributed by atoms with Crippen LogP contribution < -0.4 is 0 Å². The van der Waals surface area contributed by atoms with Crippen LogP contribution in [0.1, 0.15) is 26.2 Å². The highest BCUT2D eigenvalue weighted by Gasteiger charge is 2.12. The molecule has 0 radical (unpaired) electrons. The molecule has 1 aliphatic heterocycles. The van der Waals surface area contributed by atoms with E-state index in [-0.39, 0.29) is 19.1 Å². The van der Waals surface area contributed by atoms with Crippen molar-refractivity contribution in [2.45, 2.75) is 32.3 Å². The molecule has 1 aliphatic rings. The summed E-state index contributed by atoms with van der Waals surface area (Å²) in [6.45, 7) is 2.63. The zero-order valence-corrected chi connectivity index (χ0v) is 7.32. The highest BCUT2D eigenvalue weighted by Crippen LogP contribution is 2.09. The molecule has 1 saturated heterocycles. The first kappa shape index (κ1) is 11.4. The quantitative estimate of drug-likeness (QED) is 0.648. The first-order chi connectivity index (χ1) is 5.70. The predicted octanol–water partition coefficient (Wildman–Crippen LogP) is 0.639. The molecule has 0 spiro atoms. The Labute approximate surface area is 72.2 Å². The monoisotopic (exact) mass is 176 g/mol. The van der Waals surface area contributed by atoms with Crippen molar-refractivity contribution in [1.29, 1.82) is 0 Å². The van der Waals surface area contributed by atoms with Crippen LogP contribution in [0.2, 0.25) is 0 Å². The summed E-state index contributed by atoms with van der Waals surface area (Å²) >= 11 is 0. The molecule has 1 fully saturated rings. The van der Waals surface area contributed by atoms with E-state index in [4.69, 9.17) is 14.9 Å². The summed E-state index contributed by atoms with van der Waals surface area (Å²) in [5.74, 6) is -0.745. The molecule has 0 saturated carbocycles. The number of hydrogen-bond acceptors (Lipinski definition) is 3. The highest BCUT2D eigenvalue weighted by atomic mass is 16.5. The maximum atomic E-state index is 9.37. The van der Waals surface area contributed by atoms with Gasteiger partial charge in [0.15, 0.2) is 0 Å². The first-order valence-corrected chi connectivity index (χ1v) is 4.15. The molecule has 0 aromatic heterocycles. The molecule has 0 amide bonds. The number of aliphatic hydroxyl groups excluding tert-OH is 1. The van der Waals surface area contributed by atoms with Crippen molar-refractivity contribution >= 4 is 5.97 Å². The van der Waals surface area contributed by atoms with Gasteiger partial charge in [0.25, 0.3) is 0 Å². The van der Waals surface area contributed by atoms with Crippen LogP contribution in [0, 0.1) is 0 Å². The molecule has 4 heteroatoms. The minimum Gasteiger partial charge on any atom is -0.481 e. The number of aliphatic carboxylic acids is 1. The Bertz CT molecular complexity index is 118. The topological polar surface area (TPSA) is 66.8 Å². The number of hydrogen-bond donors (Lipinski definition) is 2. The fraction of sp³-hybridized carbons (Fsp3) is 0.875. The number of ether oxygens (including phenoxy) is 1. The van der Waals surface area contributed by atoms with Gasteiger partial charge in [-0.3, -0.25) is 4.79 Å². The van der Waals surface area contributed by atoms with Crippen LogP contribution in [0.3, 0.4) is 0 Å². The van der Waals surface area contributed by atoms with E-state index in [1.807, 2.05) is 0 Å². The molecule has 4 nitrogen and oxygen atoms in total. The van der Waals surface area contributed by atoms with Crippen LogP contribution in [0.25, 0.3) is 0 Å². The molecular weight excluding hydrogens is 160 g/mol. The number of carboxylic acid groups (broad SMARTS) is 1. The Balaban J connectivity index is 0.000000217. The molecule has 1 atom stereocenters. The molecule has 1 rings (SSSR count). The van der Waals surface area contributed by atoms with Gasteiger partial charge in [-0.1, -0.05) is 6.92 Å². The highest BCUT2D eigenvalue weighted by molar-refractivity contribution is 5.66. The van der Waals surface area contributed by atoms with Crippen LogP contribution in [-0.2, 0) is 9.53 Å². The summed E-state index contributed by atoms with van der Waals surface area (Å²) < 4.78 is 5.05. The Morgan fingerprint density at radius 2 is 2.25 bits per heavy atom. The van der Waals surface area contributed by atoms with Gasteiger partial charge in [0.2, 0.25) is 0 Å². The van der Waals surface area contributed by atoms with Gasteiger partial charge in [-0.15, -0.1) is 0 Å². The lowest BCUT2D eigenvalue weighted by molar-refractivity contribution is -0.136. The molecule has 0 aromatic carbocycles. The van der Waals surface area contributed by atoms with Gasteiger partial charge in [-0.05, 0) is 12.8 Å². The minimum absolute atomic E-state index is 0.153. The Morgan fingerprint density at radius 3 is 2.42 bits per heavy atom. The van der Waals surface area contributed by atoms with E-state index in [0.29, 0.717) is 0 Å². The first-order valence-electron chi connectivity index (χ1n) is 4.15. The summed E-state index contributed by atoms with van der Waals surface area (Å²) in [6.07, 6.45) is 2.53. The average Bonchev–Trinajstić information content (AvgIpc) is 2.57. The largest absolute Gasteiger partial charge is 0.481 e. The maximum Gasteiger partial charge on any atom is 0.303 e. The maximum absolute atomic E-state index is 9.37. The van der Waals surface area contributed by atoms with Crippen LogP contribution in [0.15, 0.2) is 0 Å². The number of carboxylic acids is 1. The van der Waals surface area contributed by atoms with Crippen LogP contribution in [0.4, 0.5) is 0 Å². The molecule has 72 valence electrons. The van der Waals surface area contributed by atoms with Crippen LogP contribution in [0.5, 0.6) is 0 Å². The molecule has 2 N–H and O–H groups in total. The lowest BCUT2D eigenvalue weighted by atomic mass is 10.2. The fourth-order valence-corrected chi connectivity index (χ4v) is 0.788. The van der Waals surface area contributed by atoms with Crippen LogP contribution in [-0.4, -0.2) is 35.5 Å². The van der Waals surface area contributed by atoms with Gasteiger partial charge in [-0.2, -0.15) is 0 Å². The van der Waals surface area contributed by atoms with Gasteiger partial charge in [0.1, 0.15) is 0 Å². The molecule has 0 aromatic rings. The van der Waals surface area contributed by atoms with E-state index >= 15 is 0 Å². The molecule has 0 bridgehead atoms. The lowest BCUT2D eigenvalue weighted by Gasteiger charge is -2.00. The van der Waals surface area contributed by atoms with Crippen molar-refractivity contribution in [3.05, 3.63) is 0 Å². The number of carbonyl (C=O) groups is 1. The fourth-order valence-electron chi connectivity index (χ4n) is 0.788. The summed E-state index contributed by atoms with van der Waals surface area (Å²) in [7, 11) is 0. The minimum atomic E-state index is -0.745. The smallest absolute Gasteiger partial charge is 0.303 e. The van der Waals surface area contributed by atoms with Crippen molar-refractivity contribution in [3.63, 3.8) is 0 Å². The second kappa shape index (κ2) is 7.06. The molecule has 1 heterocycles. The van der Waals surface area contributed by atoms with E-state index in [9.17, 15) is 4.79 Å². The second-order valence-electron chi connectivity index (χ2n) is 2.56. The third-order valence-electron chi connectivity index (χ3n) is 1.53. The summed E-state index contributed by atoms with van der Waals surface area (Å²) in [6, 6.07) is 0. The zero-order valence-electron chi connectivity index (χ0n) is 7.32. The van der Waals surface area contributed by atoms with Crippen LogP contribution >= 0.6 is 0 Å².